The van der Waals surface area contributed by atoms with Crippen molar-refractivity contribution in [3.05, 3.63) is 29.8 Å². The zero-order chi connectivity index (χ0) is 14.4. The summed E-state index contributed by atoms with van der Waals surface area (Å²) in [7, 11) is 0. The third-order valence-electron chi connectivity index (χ3n) is 3.81. The topological polar surface area (TPSA) is 44.4 Å². The number of aryl methyl sites for hydroxylation is 1. The highest BCUT2D eigenvalue weighted by molar-refractivity contribution is 5.92. The van der Waals surface area contributed by atoms with Crippen molar-refractivity contribution in [1.82, 2.24) is 10.2 Å². The molecule has 1 saturated heterocycles. The van der Waals surface area contributed by atoms with Gasteiger partial charge in [-0.1, -0.05) is 32.4 Å². The van der Waals surface area contributed by atoms with Gasteiger partial charge in [0.05, 0.1) is 6.54 Å². The third kappa shape index (κ3) is 4.05. The number of nitrogens with zero attached hydrogens (tertiary/aromatic N) is 1. The molecular formula is C16H25N3O. The van der Waals surface area contributed by atoms with Gasteiger partial charge in [-0.25, -0.2) is 0 Å². The van der Waals surface area contributed by atoms with Crippen molar-refractivity contribution in [2.24, 2.45) is 0 Å². The molecule has 1 fully saturated rings. The Kier molecular flexibility index (Phi) is 5.56. The van der Waals surface area contributed by atoms with Crippen molar-refractivity contribution in [3.8, 4) is 0 Å². The van der Waals surface area contributed by atoms with Gasteiger partial charge in [-0.05, 0) is 30.7 Å². The zero-order valence-corrected chi connectivity index (χ0v) is 12.5. The maximum absolute atomic E-state index is 12.1. The summed E-state index contributed by atoms with van der Waals surface area (Å²) < 4.78 is 0. The molecule has 1 aromatic rings. The van der Waals surface area contributed by atoms with Gasteiger partial charge in [0.2, 0.25) is 5.91 Å². The molecule has 0 radical (unpaired) electrons. The molecule has 1 heterocycles. The van der Waals surface area contributed by atoms with Crippen LogP contribution in [-0.4, -0.2) is 43.0 Å². The Bertz CT molecular complexity index is 426. The molecule has 1 amide bonds. The van der Waals surface area contributed by atoms with Crippen LogP contribution in [0, 0.1) is 0 Å². The summed E-state index contributed by atoms with van der Waals surface area (Å²) in [5.74, 6) is 0.0713. The zero-order valence-electron chi connectivity index (χ0n) is 12.5. The van der Waals surface area contributed by atoms with E-state index in [0.29, 0.717) is 12.6 Å². The van der Waals surface area contributed by atoms with E-state index in [4.69, 9.17) is 0 Å². The molecule has 0 aliphatic carbocycles. The Morgan fingerprint density at radius 1 is 1.30 bits per heavy atom. The molecule has 2 N–H and O–H groups in total. The van der Waals surface area contributed by atoms with Crippen LogP contribution in [0.3, 0.4) is 0 Å². The Morgan fingerprint density at radius 2 is 2.00 bits per heavy atom. The average Bonchev–Trinajstić information content (AvgIpc) is 2.38. The van der Waals surface area contributed by atoms with Crippen molar-refractivity contribution in [1.29, 1.82) is 0 Å². The van der Waals surface area contributed by atoms with Gasteiger partial charge in [0, 0.05) is 24.8 Å². The standard InChI is InChI=1S/C16H25N3O/c1-3-5-13-6-8-14(9-7-13)18-16(20)12-19(4-2)15-10-17-11-15/h6-9,15,17H,3-5,10-12H2,1-2H3,(H,18,20). The number of amides is 1. The van der Waals surface area contributed by atoms with E-state index >= 15 is 0 Å². The van der Waals surface area contributed by atoms with E-state index in [1.54, 1.807) is 0 Å². The second-order valence-electron chi connectivity index (χ2n) is 5.37. The molecule has 4 nitrogen and oxygen atoms in total. The monoisotopic (exact) mass is 275 g/mol. The smallest absolute Gasteiger partial charge is 0.238 e. The minimum Gasteiger partial charge on any atom is -0.325 e. The quantitative estimate of drug-likeness (QED) is 0.798. The Balaban J connectivity index is 1.83. The second kappa shape index (κ2) is 7.41. The summed E-state index contributed by atoms with van der Waals surface area (Å²) in [6, 6.07) is 8.67. The van der Waals surface area contributed by atoms with E-state index < -0.39 is 0 Å². The second-order valence-corrected chi connectivity index (χ2v) is 5.37. The van der Waals surface area contributed by atoms with Gasteiger partial charge in [0.1, 0.15) is 0 Å². The molecule has 1 aliphatic rings. The Hall–Kier alpha value is -1.39. The number of benzene rings is 1. The lowest BCUT2D eigenvalue weighted by molar-refractivity contribution is -0.118. The lowest BCUT2D eigenvalue weighted by Gasteiger charge is -2.37. The number of nitrogens with one attached hydrogen (secondary N) is 2. The highest BCUT2D eigenvalue weighted by Gasteiger charge is 2.24. The first kappa shape index (κ1) is 15.0. The molecule has 0 atom stereocenters. The molecule has 1 aliphatic heterocycles. The Labute approximate surface area is 121 Å². The normalized spacial score (nSPS) is 15.2. The summed E-state index contributed by atoms with van der Waals surface area (Å²) in [6.45, 7) is 7.64. The SMILES string of the molecule is CCCc1ccc(NC(=O)CN(CC)C2CNC2)cc1. The van der Waals surface area contributed by atoms with Crippen molar-refractivity contribution in [3.63, 3.8) is 0 Å². The highest BCUT2D eigenvalue weighted by atomic mass is 16.2. The van der Waals surface area contributed by atoms with Crippen molar-refractivity contribution in [2.75, 3.05) is 31.5 Å². The number of hydrogen-bond donors (Lipinski definition) is 2. The van der Waals surface area contributed by atoms with Crippen LogP contribution in [-0.2, 0) is 11.2 Å². The van der Waals surface area contributed by atoms with Crippen molar-refractivity contribution >= 4 is 11.6 Å². The van der Waals surface area contributed by atoms with Crippen LogP contribution >= 0.6 is 0 Å². The first-order valence-electron chi connectivity index (χ1n) is 7.56. The minimum atomic E-state index is 0.0713. The van der Waals surface area contributed by atoms with Gasteiger partial charge in [0.25, 0.3) is 0 Å². The summed E-state index contributed by atoms with van der Waals surface area (Å²) in [5.41, 5.74) is 2.21. The van der Waals surface area contributed by atoms with Gasteiger partial charge < -0.3 is 10.6 Å². The Morgan fingerprint density at radius 3 is 2.50 bits per heavy atom. The first-order valence-corrected chi connectivity index (χ1v) is 7.56. The predicted molar refractivity (Wildman–Crippen MR) is 83.0 cm³/mol. The molecule has 0 spiro atoms. The molecule has 0 aromatic heterocycles. The van der Waals surface area contributed by atoms with Crippen molar-refractivity contribution in [2.45, 2.75) is 32.7 Å². The van der Waals surface area contributed by atoms with Crippen LogP contribution in [0.2, 0.25) is 0 Å². The van der Waals surface area contributed by atoms with Crippen molar-refractivity contribution < 1.29 is 4.79 Å². The molecule has 0 saturated carbocycles. The number of carbonyl (C=O) groups excluding carboxylic acids is 1. The van der Waals surface area contributed by atoms with Crippen LogP contribution in [0.25, 0.3) is 0 Å². The summed E-state index contributed by atoms with van der Waals surface area (Å²) in [4.78, 5) is 14.3. The largest absolute Gasteiger partial charge is 0.325 e. The van der Waals surface area contributed by atoms with Gasteiger partial charge in [-0.2, -0.15) is 0 Å². The summed E-state index contributed by atoms with van der Waals surface area (Å²) >= 11 is 0. The molecule has 4 heteroatoms. The molecule has 0 unspecified atom stereocenters. The van der Waals surface area contributed by atoms with Gasteiger partial charge in [-0.15, -0.1) is 0 Å². The summed E-state index contributed by atoms with van der Waals surface area (Å²) in [6.07, 6.45) is 2.24. The fourth-order valence-electron chi connectivity index (χ4n) is 2.46. The highest BCUT2D eigenvalue weighted by Crippen LogP contribution is 2.11. The number of hydrogen-bond acceptors (Lipinski definition) is 3. The lowest BCUT2D eigenvalue weighted by atomic mass is 10.1. The van der Waals surface area contributed by atoms with E-state index in [1.807, 2.05) is 12.1 Å². The van der Waals surface area contributed by atoms with E-state index in [2.05, 4.69) is 41.5 Å². The summed E-state index contributed by atoms with van der Waals surface area (Å²) in [5, 5.41) is 6.22. The molecule has 2 rings (SSSR count). The van der Waals surface area contributed by atoms with Gasteiger partial charge in [0.15, 0.2) is 0 Å². The first-order chi connectivity index (χ1) is 9.72. The number of likely N-dealkylation sites (N-methyl/N-ethyl adjacent to an activating group) is 1. The molecule has 110 valence electrons. The minimum absolute atomic E-state index is 0.0713. The maximum atomic E-state index is 12.1. The number of carbonyl (C=O) groups is 1. The van der Waals surface area contributed by atoms with Gasteiger partial charge in [-0.3, -0.25) is 9.69 Å². The van der Waals surface area contributed by atoms with E-state index in [1.165, 1.54) is 5.56 Å². The molecular weight excluding hydrogens is 250 g/mol. The number of rotatable bonds is 7. The van der Waals surface area contributed by atoms with Crippen LogP contribution in [0.4, 0.5) is 5.69 Å². The predicted octanol–water partition coefficient (Wildman–Crippen LogP) is 1.87. The fraction of sp³-hybridized carbons (Fsp3) is 0.562. The van der Waals surface area contributed by atoms with Crippen LogP contribution in [0.15, 0.2) is 24.3 Å². The lowest BCUT2D eigenvalue weighted by Crippen LogP contribution is -2.58. The maximum Gasteiger partial charge on any atom is 0.238 e. The third-order valence-corrected chi connectivity index (χ3v) is 3.81. The van der Waals surface area contributed by atoms with Gasteiger partial charge >= 0.3 is 0 Å². The average molecular weight is 275 g/mol. The molecule has 0 bridgehead atoms. The fourth-order valence-corrected chi connectivity index (χ4v) is 2.46. The van der Waals surface area contributed by atoms with Crippen LogP contribution in [0.5, 0.6) is 0 Å². The molecule has 20 heavy (non-hydrogen) atoms. The van der Waals surface area contributed by atoms with Crippen LogP contribution < -0.4 is 10.6 Å². The van der Waals surface area contributed by atoms with E-state index in [-0.39, 0.29) is 5.91 Å². The van der Waals surface area contributed by atoms with E-state index in [0.717, 1.165) is 38.2 Å². The number of anilines is 1. The molecule has 1 aromatic carbocycles. The van der Waals surface area contributed by atoms with E-state index in [9.17, 15) is 4.79 Å². The van der Waals surface area contributed by atoms with Crippen LogP contribution in [0.1, 0.15) is 25.8 Å².